The van der Waals surface area contributed by atoms with Gasteiger partial charge in [0.1, 0.15) is 0 Å². The summed E-state index contributed by atoms with van der Waals surface area (Å²) in [5.41, 5.74) is 4.99. The van der Waals surface area contributed by atoms with Gasteiger partial charge in [0.2, 0.25) is 0 Å². The Morgan fingerprint density at radius 3 is 2.61 bits per heavy atom. The smallest absolute Gasteiger partial charge is 0.0426 e. The number of aromatic nitrogens is 1. The van der Waals surface area contributed by atoms with Gasteiger partial charge in [-0.3, -0.25) is 4.98 Å². The largest absolute Gasteiger partial charge is 0.310 e. The third-order valence-electron chi connectivity index (χ3n) is 3.24. The molecule has 1 aromatic rings. The van der Waals surface area contributed by atoms with Crippen LogP contribution in [0.25, 0.3) is 0 Å². The third-order valence-corrected chi connectivity index (χ3v) is 3.94. The molecule has 18 heavy (non-hydrogen) atoms. The molecule has 0 saturated carbocycles. The summed E-state index contributed by atoms with van der Waals surface area (Å²) in [6.45, 7) is 9.68. The van der Waals surface area contributed by atoms with E-state index >= 15 is 0 Å². The van der Waals surface area contributed by atoms with E-state index in [-0.39, 0.29) is 0 Å². The maximum atomic E-state index is 4.57. The maximum absolute atomic E-state index is 4.57. The van der Waals surface area contributed by atoms with Crippen LogP contribution in [0.5, 0.6) is 0 Å². The molecule has 102 valence electrons. The second-order valence-electron chi connectivity index (χ2n) is 4.96. The molecule has 1 heterocycles. The van der Waals surface area contributed by atoms with Crippen LogP contribution in [-0.2, 0) is 0 Å². The normalized spacial score (nSPS) is 12.7. The SMILES string of the molecule is CSCCCCNC(C)c1c(C)cc(C)nc1C. The van der Waals surface area contributed by atoms with Crippen LogP contribution in [0.4, 0.5) is 0 Å². The molecule has 1 N–H and O–H groups in total. The van der Waals surface area contributed by atoms with Gasteiger partial charge in [0.05, 0.1) is 0 Å². The van der Waals surface area contributed by atoms with Gasteiger partial charge in [0.25, 0.3) is 0 Å². The van der Waals surface area contributed by atoms with E-state index < -0.39 is 0 Å². The van der Waals surface area contributed by atoms with Crippen molar-refractivity contribution in [1.82, 2.24) is 10.3 Å². The fraction of sp³-hybridized carbons (Fsp3) is 0.667. The van der Waals surface area contributed by atoms with Crippen LogP contribution < -0.4 is 5.32 Å². The number of nitrogens with one attached hydrogen (secondary N) is 1. The highest BCUT2D eigenvalue weighted by Crippen LogP contribution is 2.21. The van der Waals surface area contributed by atoms with Crippen molar-refractivity contribution in [2.75, 3.05) is 18.6 Å². The van der Waals surface area contributed by atoms with Crippen LogP contribution in [0.15, 0.2) is 6.07 Å². The van der Waals surface area contributed by atoms with Gasteiger partial charge >= 0.3 is 0 Å². The van der Waals surface area contributed by atoms with Crippen LogP contribution in [0.1, 0.15) is 48.3 Å². The van der Waals surface area contributed by atoms with E-state index in [1.807, 2.05) is 11.8 Å². The van der Waals surface area contributed by atoms with Gasteiger partial charge in [-0.15, -0.1) is 0 Å². The summed E-state index contributed by atoms with van der Waals surface area (Å²) in [6.07, 6.45) is 4.72. The van der Waals surface area contributed by atoms with Gasteiger partial charge in [-0.05, 0) is 76.3 Å². The minimum Gasteiger partial charge on any atom is -0.310 e. The number of rotatable bonds is 7. The summed E-state index contributed by atoms with van der Waals surface area (Å²) in [5.74, 6) is 1.26. The summed E-state index contributed by atoms with van der Waals surface area (Å²) in [4.78, 5) is 4.57. The molecule has 1 aromatic heterocycles. The van der Waals surface area contributed by atoms with Crippen molar-refractivity contribution in [3.8, 4) is 0 Å². The molecule has 0 aromatic carbocycles. The lowest BCUT2D eigenvalue weighted by Crippen LogP contribution is -2.22. The molecule has 1 atom stereocenters. The summed E-state index contributed by atoms with van der Waals surface area (Å²) in [5, 5.41) is 3.61. The van der Waals surface area contributed by atoms with Gasteiger partial charge in [-0.2, -0.15) is 11.8 Å². The summed E-state index contributed by atoms with van der Waals surface area (Å²) < 4.78 is 0. The Balaban J connectivity index is 2.53. The van der Waals surface area contributed by atoms with E-state index in [9.17, 15) is 0 Å². The lowest BCUT2D eigenvalue weighted by atomic mass is 10.0. The number of unbranched alkanes of at least 4 members (excludes halogenated alkanes) is 1. The van der Waals surface area contributed by atoms with Crippen molar-refractivity contribution in [2.45, 2.75) is 46.6 Å². The first-order valence-electron chi connectivity index (χ1n) is 6.73. The monoisotopic (exact) mass is 266 g/mol. The highest BCUT2D eigenvalue weighted by atomic mass is 32.2. The first kappa shape index (κ1) is 15.5. The number of hydrogen-bond acceptors (Lipinski definition) is 3. The summed E-state index contributed by atoms with van der Waals surface area (Å²) >= 11 is 1.93. The second kappa shape index (κ2) is 7.80. The van der Waals surface area contributed by atoms with Crippen molar-refractivity contribution in [1.29, 1.82) is 0 Å². The Morgan fingerprint density at radius 2 is 2.00 bits per heavy atom. The maximum Gasteiger partial charge on any atom is 0.0426 e. The molecule has 0 aliphatic carbocycles. The van der Waals surface area contributed by atoms with Gasteiger partial charge < -0.3 is 5.32 Å². The molecule has 0 amide bonds. The molecular weight excluding hydrogens is 240 g/mol. The fourth-order valence-electron chi connectivity index (χ4n) is 2.48. The van der Waals surface area contributed by atoms with E-state index in [1.165, 1.54) is 29.7 Å². The van der Waals surface area contributed by atoms with Gasteiger partial charge in [-0.1, -0.05) is 0 Å². The number of nitrogens with zero attached hydrogens (tertiary/aromatic N) is 1. The summed E-state index contributed by atoms with van der Waals surface area (Å²) in [6, 6.07) is 2.57. The topological polar surface area (TPSA) is 24.9 Å². The van der Waals surface area contributed by atoms with Gasteiger partial charge in [0, 0.05) is 17.4 Å². The minimum absolute atomic E-state index is 0.396. The molecule has 1 unspecified atom stereocenters. The van der Waals surface area contributed by atoms with Crippen LogP contribution >= 0.6 is 11.8 Å². The Labute approximate surface area is 116 Å². The number of hydrogen-bond donors (Lipinski definition) is 1. The molecule has 0 aliphatic heterocycles. The van der Waals surface area contributed by atoms with E-state index in [2.05, 4.69) is 50.3 Å². The Morgan fingerprint density at radius 1 is 1.28 bits per heavy atom. The molecule has 0 radical (unpaired) electrons. The predicted octanol–water partition coefficient (Wildman–Crippen LogP) is 3.80. The van der Waals surface area contributed by atoms with Gasteiger partial charge in [-0.25, -0.2) is 0 Å². The van der Waals surface area contributed by atoms with E-state index in [0.717, 1.165) is 17.9 Å². The standard InChI is InChI=1S/C15H26N2S/c1-11-10-12(2)17-14(4)15(11)13(3)16-8-6-7-9-18-5/h10,13,16H,6-9H2,1-5H3. The summed E-state index contributed by atoms with van der Waals surface area (Å²) in [7, 11) is 0. The van der Waals surface area contributed by atoms with Crippen molar-refractivity contribution in [3.05, 3.63) is 28.6 Å². The quantitative estimate of drug-likeness (QED) is 0.760. The minimum atomic E-state index is 0.396. The first-order valence-corrected chi connectivity index (χ1v) is 8.12. The zero-order valence-electron chi connectivity index (χ0n) is 12.3. The average molecular weight is 266 g/mol. The highest BCUT2D eigenvalue weighted by molar-refractivity contribution is 7.98. The van der Waals surface area contributed by atoms with E-state index in [0.29, 0.717) is 6.04 Å². The third kappa shape index (κ3) is 4.62. The lowest BCUT2D eigenvalue weighted by Gasteiger charge is -2.19. The molecule has 0 saturated heterocycles. The fourth-order valence-corrected chi connectivity index (χ4v) is 2.97. The lowest BCUT2D eigenvalue weighted by molar-refractivity contribution is 0.549. The van der Waals surface area contributed by atoms with Gasteiger partial charge in [0.15, 0.2) is 0 Å². The van der Waals surface area contributed by atoms with Crippen LogP contribution in [0.3, 0.4) is 0 Å². The first-order chi connectivity index (χ1) is 8.56. The molecular formula is C15H26N2S. The molecule has 2 nitrogen and oxygen atoms in total. The Bertz CT molecular complexity index is 354. The van der Waals surface area contributed by atoms with Crippen LogP contribution in [-0.4, -0.2) is 23.5 Å². The Hall–Kier alpha value is -0.540. The molecule has 0 fully saturated rings. The molecule has 3 heteroatoms. The van der Waals surface area contributed by atoms with E-state index in [4.69, 9.17) is 0 Å². The predicted molar refractivity (Wildman–Crippen MR) is 82.5 cm³/mol. The highest BCUT2D eigenvalue weighted by Gasteiger charge is 2.12. The number of thioether (sulfide) groups is 1. The second-order valence-corrected chi connectivity index (χ2v) is 5.94. The average Bonchev–Trinajstić information content (AvgIpc) is 2.27. The van der Waals surface area contributed by atoms with Crippen LogP contribution in [0, 0.1) is 20.8 Å². The zero-order chi connectivity index (χ0) is 13.5. The van der Waals surface area contributed by atoms with Crippen molar-refractivity contribution >= 4 is 11.8 Å². The van der Waals surface area contributed by atoms with Crippen LogP contribution in [0.2, 0.25) is 0 Å². The molecule has 0 bridgehead atoms. The van der Waals surface area contributed by atoms with Crippen molar-refractivity contribution < 1.29 is 0 Å². The van der Waals surface area contributed by atoms with E-state index in [1.54, 1.807) is 0 Å². The van der Waals surface area contributed by atoms with Crippen molar-refractivity contribution in [3.63, 3.8) is 0 Å². The van der Waals surface area contributed by atoms with Crippen molar-refractivity contribution in [2.24, 2.45) is 0 Å². The number of aryl methyl sites for hydroxylation is 3. The zero-order valence-corrected chi connectivity index (χ0v) is 13.2. The molecule has 0 aliphatic rings. The number of pyridine rings is 1. The molecule has 1 rings (SSSR count). The Kier molecular flexibility index (Phi) is 6.72. The molecule has 0 spiro atoms.